The fraction of sp³-hybridized carbons (Fsp3) is 0.233. The minimum absolute atomic E-state index is 0.0211. The van der Waals surface area contributed by atoms with Crippen LogP contribution in [0.5, 0.6) is 11.5 Å². The van der Waals surface area contributed by atoms with Crippen LogP contribution in [0.25, 0.3) is 32.7 Å². The van der Waals surface area contributed by atoms with Crippen LogP contribution >= 0.6 is 0 Å². The molecule has 0 atom stereocenters. The molecule has 1 aliphatic heterocycles. The summed E-state index contributed by atoms with van der Waals surface area (Å²) < 4.78 is 6.98. The molecule has 12 rings (SSSR count). The number of benzene rings is 10. The molecule has 3 nitrogen and oxygen atoms in total. The Labute approximate surface area is 451 Å². The van der Waals surface area contributed by atoms with E-state index in [1.807, 2.05) is 0 Å². The Hall–Kier alpha value is -7.88. The Kier molecular flexibility index (Phi) is 11.4. The predicted octanol–water partition coefficient (Wildman–Crippen LogP) is 20.6. The third kappa shape index (κ3) is 8.01. The van der Waals surface area contributed by atoms with Gasteiger partial charge in [0.15, 0.2) is 0 Å². The zero-order valence-electron chi connectivity index (χ0n) is 46.4. The highest BCUT2D eigenvalue weighted by Crippen LogP contribution is 2.65. The van der Waals surface area contributed by atoms with Crippen molar-refractivity contribution in [3.05, 3.63) is 251 Å². The smallest absolute Gasteiger partial charge is 0.132 e. The normalized spacial score (nSPS) is 13.7. The Balaban J connectivity index is 1.14. The Morgan fingerprint density at radius 1 is 0.303 bits per heavy atom. The minimum atomic E-state index is -0.751. The molecule has 0 unspecified atom stereocenters. The molecule has 0 bridgehead atoms. The summed E-state index contributed by atoms with van der Waals surface area (Å²) in [6, 6.07) is 77.9. The van der Waals surface area contributed by atoms with Crippen LogP contribution in [0, 0.1) is 0 Å². The van der Waals surface area contributed by atoms with E-state index in [1.165, 1.54) is 66.1 Å². The van der Waals surface area contributed by atoms with Crippen LogP contribution in [0.15, 0.2) is 206 Å². The summed E-state index contributed by atoms with van der Waals surface area (Å²) in [5.41, 5.74) is 18.6. The molecule has 0 aromatic heterocycles. The zero-order chi connectivity index (χ0) is 53.1. The summed E-state index contributed by atoms with van der Waals surface area (Å²) in [6.07, 6.45) is 0. The number of ether oxygens (including phenoxy) is 1. The number of nitrogens with zero attached hydrogens (tertiary/aromatic N) is 2. The highest BCUT2D eigenvalue weighted by Gasteiger charge is 2.53. The fourth-order valence-electron chi connectivity index (χ4n) is 12.2. The van der Waals surface area contributed by atoms with Crippen molar-refractivity contribution in [2.45, 2.75) is 110 Å². The number of hydrogen-bond donors (Lipinski definition) is 0. The van der Waals surface area contributed by atoms with Gasteiger partial charge >= 0.3 is 0 Å². The molecule has 3 heteroatoms. The van der Waals surface area contributed by atoms with Crippen molar-refractivity contribution in [2.24, 2.45) is 0 Å². The van der Waals surface area contributed by atoms with Crippen molar-refractivity contribution in [3.8, 4) is 22.6 Å². The number of para-hydroxylation sites is 2. The van der Waals surface area contributed by atoms with Crippen LogP contribution in [0.1, 0.15) is 128 Å². The second-order valence-electron chi connectivity index (χ2n) is 25.5. The van der Waals surface area contributed by atoms with Crippen LogP contribution in [-0.4, -0.2) is 0 Å². The highest BCUT2D eigenvalue weighted by atomic mass is 16.5. The van der Waals surface area contributed by atoms with Gasteiger partial charge in [0.1, 0.15) is 11.5 Å². The molecule has 1 heterocycles. The van der Waals surface area contributed by atoms with Crippen LogP contribution < -0.4 is 14.5 Å². The van der Waals surface area contributed by atoms with Gasteiger partial charge in [-0.1, -0.05) is 204 Å². The van der Waals surface area contributed by atoms with Gasteiger partial charge in [-0.05, 0) is 173 Å². The standard InChI is InChI=1S/C73H70N2O/c1-69(2,3)47-25-33-51(34-26-47)74(52-35-27-48(28-36-52)70(4,5)6)55-41-43-59-61(45-55)57-19-13-14-20-58(57)67-60-44-42-56(46-64(60)73(68(59)67)62-21-15-17-23-65(62)76-66-24-18-16-22-63(66)73)75(53-37-29-49(30-38-53)71(7,8)9)54-39-31-50(32-40-54)72(10,11)12/h13-46H,1-12H3. The molecule has 378 valence electrons. The quantitative estimate of drug-likeness (QED) is 0.154. The van der Waals surface area contributed by atoms with Crippen LogP contribution in [0.2, 0.25) is 0 Å². The predicted molar refractivity (Wildman–Crippen MR) is 323 cm³/mol. The third-order valence-electron chi connectivity index (χ3n) is 16.3. The lowest BCUT2D eigenvalue weighted by atomic mass is 9.65. The number of hydrogen-bond acceptors (Lipinski definition) is 3. The van der Waals surface area contributed by atoms with E-state index in [9.17, 15) is 0 Å². The molecule has 1 spiro atoms. The minimum Gasteiger partial charge on any atom is -0.457 e. The van der Waals surface area contributed by atoms with Gasteiger partial charge in [-0.25, -0.2) is 0 Å². The molecular formula is C73H70N2O. The molecule has 1 aliphatic carbocycles. The van der Waals surface area contributed by atoms with E-state index in [-0.39, 0.29) is 21.7 Å². The van der Waals surface area contributed by atoms with E-state index >= 15 is 0 Å². The lowest BCUT2D eigenvalue weighted by molar-refractivity contribution is 0.437. The first-order valence-corrected chi connectivity index (χ1v) is 27.2. The monoisotopic (exact) mass is 991 g/mol. The Morgan fingerprint density at radius 2 is 0.658 bits per heavy atom. The van der Waals surface area contributed by atoms with Gasteiger partial charge in [0.2, 0.25) is 0 Å². The molecule has 0 amide bonds. The van der Waals surface area contributed by atoms with E-state index in [1.54, 1.807) is 0 Å². The van der Waals surface area contributed by atoms with Crippen molar-refractivity contribution in [2.75, 3.05) is 9.80 Å². The van der Waals surface area contributed by atoms with Gasteiger partial charge in [-0.2, -0.15) is 0 Å². The second-order valence-corrected chi connectivity index (χ2v) is 25.5. The third-order valence-corrected chi connectivity index (χ3v) is 16.3. The van der Waals surface area contributed by atoms with Crippen molar-refractivity contribution >= 4 is 55.7 Å². The Bertz CT molecular complexity index is 3690. The number of fused-ring (bicyclic) bond motifs is 14. The molecule has 0 radical (unpaired) electrons. The molecular weight excluding hydrogens is 921 g/mol. The van der Waals surface area contributed by atoms with Crippen molar-refractivity contribution in [1.29, 1.82) is 0 Å². The van der Waals surface area contributed by atoms with E-state index in [0.29, 0.717) is 0 Å². The summed E-state index contributed by atoms with van der Waals surface area (Å²) in [4.78, 5) is 4.89. The summed E-state index contributed by atoms with van der Waals surface area (Å²) in [5, 5.41) is 4.89. The van der Waals surface area contributed by atoms with Gasteiger partial charge in [0, 0.05) is 45.3 Å². The summed E-state index contributed by atoms with van der Waals surface area (Å²) >= 11 is 0. The maximum absolute atomic E-state index is 6.98. The van der Waals surface area contributed by atoms with E-state index < -0.39 is 5.41 Å². The average Bonchev–Trinajstić information content (AvgIpc) is 3.69. The summed E-state index contributed by atoms with van der Waals surface area (Å²) in [6.45, 7) is 27.4. The van der Waals surface area contributed by atoms with E-state index in [2.05, 4.69) is 299 Å². The molecule has 0 N–H and O–H groups in total. The van der Waals surface area contributed by atoms with Crippen molar-refractivity contribution in [3.63, 3.8) is 0 Å². The van der Waals surface area contributed by atoms with E-state index in [4.69, 9.17) is 4.74 Å². The number of rotatable bonds is 6. The van der Waals surface area contributed by atoms with Gasteiger partial charge < -0.3 is 14.5 Å². The topological polar surface area (TPSA) is 15.7 Å². The molecule has 0 fully saturated rings. The molecule has 10 aromatic rings. The fourth-order valence-corrected chi connectivity index (χ4v) is 12.2. The molecule has 76 heavy (non-hydrogen) atoms. The summed E-state index contributed by atoms with van der Waals surface area (Å²) in [5.74, 6) is 1.75. The first-order chi connectivity index (χ1) is 36.2. The zero-order valence-corrected chi connectivity index (χ0v) is 46.4. The maximum Gasteiger partial charge on any atom is 0.132 e. The van der Waals surface area contributed by atoms with E-state index in [0.717, 1.165) is 56.8 Å². The lowest BCUT2D eigenvalue weighted by Crippen LogP contribution is -2.32. The van der Waals surface area contributed by atoms with Crippen molar-refractivity contribution < 1.29 is 4.74 Å². The lowest BCUT2D eigenvalue weighted by Gasteiger charge is -2.40. The number of anilines is 6. The first-order valence-electron chi connectivity index (χ1n) is 27.2. The maximum atomic E-state index is 6.98. The van der Waals surface area contributed by atoms with Crippen molar-refractivity contribution in [1.82, 2.24) is 0 Å². The van der Waals surface area contributed by atoms with Crippen LogP contribution in [-0.2, 0) is 27.1 Å². The highest BCUT2D eigenvalue weighted by molar-refractivity contribution is 6.20. The van der Waals surface area contributed by atoms with Gasteiger partial charge in [0.05, 0.1) is 5.41 Å². The Morgan fingerprint density at radius 3 is 1.08 bits per heavy atom. The molecule has 0 saturated carbocycles. The van der Waals surface area contributed by atoms with Gasteiger partial charge in [-0.3, -0.25) is 0 Å². The molecule has 10 aromatic carbocycles. The first kappa shape index (κ1) is 49.0. The summed E-state index contributed by atoms with van der Waals surface area (Å²) in [7, 11) is 0. The van der Waals surface area contributed by atoms with Gasteiger partial charge in [0.25, 0.3) is 0 Å². The second kappa shape index (κ2) is 17.6. The van der Waals surface area contributed by atoms with Crippen LogP contribution in [0.3, 0.4) is 0 Å². The SMILES string of the molecule is CC(C)(C)c1ccc(N(c2ccc(C(C)(C)C)cc2)c2ccc3c(c2)C2(c4ccccc4Oc4ccccc42)c2c-3c3ccccc3c3cc(N(c4ccc(C(C)(C)C)cc4)c4ccc(C(C)(C)C)cc4)ccc23)cc1. The molecule has 2 aliphatic rings. The van der Waals surface area contributed by atoms with Crippen LogP contribution in [0.4, 0.5) is 34.1 Å². The van der Waals surface area contributed by atoms with Gasteiger partial charge in [-0.15, -0.1) is 0 Å². The average molecular weight is 991 g/mol. The molecule has 0 saturated heterocycles. The largest absolute Gasteiger partial charge is 0.457 e.